The normalized spacial score (nSPS) is 10.6. The summed E-state index contributed by atoms with van der Waals surface area (Å²) in [7, 11) is 0. The third kappa shape index (κ3) is 3.01. The Bertz CT molecular complexity index is 422. The molecule has 0 unspecified atom stereocenters. The van der Waals surface area contributed by atoms with Gasteiger partial charge in [0.25, 0.3) is 0 Å². The summed E-state index contributed by atoms with van der Waals surface area (Å²) in [5.74, 6) is -2.16. The summed E-state index contributed by atoms with van der Waals surface area (Å²) in [5.41, 5.74) is 10.6. The highest BCUT2D eigenvalue weighted by molar-refractivity contribution is 5.82. The van der Waals surface area contributed by atoms with Gasteiger partial charge in [-0.1, -0.05) is 0 Å². The van der Waals surface area contributed by atoms with Crippen LogP contribution < -0.4 is 11.5 Å². The summed E-state index contributed by atoms with van der Waals surface area (Å²) in [6, 6.07) is 2.53. The molecule has 0 saturated carbocycles. The number of hydrogen-bond acceptors (Lipinski definition) is 2. The molecule has 0 radical (unpaired) electrons. The Kier molecular flexibility index (Phi) is 3.33. The molecule has 0 bridgehead atoms. The lowest BCUT2D eigenvalue weighted by molar-refractivity contribution is 0.506. The monoisotopic (exact) mass is 212 g/mol. The fraction of sp³-hybridized carbons (Fsp3) is 0.111. The minimum Gasteiger partial charge on any atom is -0.369 e. The van der Waals surface area contributed by atoms with Crippen LogP contribution in [0.25, 0.3) is 0 Å². The maximum Gasteiger partial charge on any atom is 0.211 e. The Morgan fingerprint density at radius 1 is 1.33 bits per heavy atom. The van der Waals surface area contributed by atoms with Crippen LogP contribution in [0.5, 0.6) is 0 Å². The van der Waals surface area contributed by atoms with E-state index in [2.05, 4.69) is 10.2 Å². The van der Waals surface area contributed by atoms with Gasteiger partial charge in [-0.15, -0.1) is 5.10 Å². The zero-order valence-electron chi connectivity index (χ0n) is 8.04. The van der Waals surface area contributed by atoms with Crippen LogP contribution in [0.2, 0.25) is 0 Å². The number of rotatable bonds is 2. The van der Waals surface area contributed by atoms with Crippen LogP contribution in [0.3, 0.4) is 0 Å². The number of benzene rings is 1. The van der Waals surface area contributed by atoms with E-state index in [1.165, 1.54) is 6.07 Å². The molecule has 80 valence electrons. The fourth-order valence-electron chi connectivity index (χ4n) is 1.00. The molecule has 4 nitrogen and oxygen atoms in total. The molecule has 0 spiro atoms. The quantitative estimate of drug-likeness (QED) is 0.433. The lowest BCUT2D eigenvalue weighted by Crippen LogP contribution is -2.21. The lowest BCUT2D eigenvalue weighted by atomic mass is 10.1. The molecule has 1 aromatic rings. The molecule has 0 saturated heterocycles. The maximum absolute atomic E-state index is 13.1. The van der Waals surface area contributed by atoms with Gasteiger partial charge in [0.05, 0.1) is 6.21 Å². The molecule has 0 heterocycles. The number of hydrogen-bond donors (Lipinski definition) is 2. The van der Waals surface area contributed by atoms with Gasteiger partial charge in [0.1, 0.15) is 0 Å². The van der Waals surface area contributed by atoms with E-state index in [4.69, 9.17) is 11.5 Å². The van der Waals surface area contributed by atoms with Crippen molar-refractivity contribution < 1.29 is 8.78 Å². The van der Waals surface area contributed by atoms with E-state index in [0.29, 0.717) is 5.56 Å². The van der Waals surface area contributed by atoms with Crippen LogP contribution in [0, 0.1) is 18.6 Å². The van der Waals surface area contributed by atoms with E-state index < -0.39 is 11.6 Å². The third-order valence-electron chi connectivity index (χ3n) is 1.57. The SMILES string of the molecule is Cc1cc(F)c(F)c(C=NN=C(N)N)c1. The number of halogens is 2. The first-order valence-corrected chi connectivity index (χ1v) is 4.08. The molecule has 6 heteroatoms. The summed E-state index contributed by atoms with van der Waals surface area (Å²) < 4.78 is 26.0. The standard InChI is InChI=1S/C9H10F2N4/c1-5-2-6(4-14-15-9(12)13)8(11)7(10)3-5/h2-4H,1H3,(H4,12,13,15). The van der Waals surface area contributed by atoms with Gasteiger partial charge in [0, 0.05) is 5.56 Å². The van der Waals surface area contributed by atoms with E-state index in [1.54, 1.807) is 6.92 Å². The maximum atomic E-state index is 13.1. The van der Waals surface area contributed by atoms with Crippen molar-refractivity contribution in [2.45, 2.75) is 6.92 Å². The van der Waals surface area contributed by atoms with Gasteiger partial charge in [0.15, 0.2) is 11.6 Å². The van der Waals surface area contributed by atoms with E-state index in [0.717, 1.165) is 12.3 Å². The molecular formula is C9H10F2N4. The first-order valence-electron chi connectivity index (χ1n) is 4.08. The second-order valence-electron chi connectivity index (χ2n) is 2.92. The van der Waals surface area contributed by atoms with Gasteiger partial charge >= 0.3 is 0 Å². The second kappa shape index (κ2) is 4.50. The Morgan fingerprint density at radius 2 is 2.00 bits per heavy atom. The summed E-state index contributed by atoms with van der Waals surface area (Å²) >= 11 is 0. The fourth-order valence-corrected chi connectivity index (χ4v) is 1.00. The highest BCUT2D eigenvalue weighted by atomic mass is 19.2. The van der Waals surface area contributed by atoms with E-state index in [-0.39, 0.29) is 11.5 Å². The van der Waals surface area contributed by atoms with Crippen molar-refractivity contribution in [3.8, 4) is 0 Å². The first-order chi connectivity index (χ1) is 7.00. The second-order valence-corrected chi connectivity index (χ2v) is 2.92. The van der Waals surface area contributed by atoms with Crippen molar-refractivity contribution in [2.75, 3.05) is 0 Å². The van der Waals surface area contributed by atoms with Crippen molar-refractivity contribution in [3.63, 3.8) is 0 Å². The number of aryl methyl sites for hydroxylation is 1. The Morgan fingerprint density at radius 3 is 2.60 bits per heavy atom. The van der Waals surface area contributed by atoms with Crippen molar-refractivity contribution in [2.24, 2.45) is 21.7 Å². The van der Waals surface area contributed by atoms with Crippen LogP contribution in [-0.2, 0) is 0 Å². The zero-order valence-corrected chi connectivity index (χ0v) is 8.04. The predicted molar refractivity (Wildman–Crippen MR) is 54.5 cm³/mol. The topological polar surface area (TPSA) is 76.8 Å². The first kappa shape index (κ1) is 11.1. The highest BCUT2D eigenvalue weighted by Crippen LogP contribution is 2.12. The largest absolute Gasteiger partial charge is 0.369 e. The van der Waals surface area contributed by atoms with Crippen LogP contribution in [0.1, 0.15) is 11.1 Å². The van der Waals surface area contributed by atoms with E-state index in [1.807, 2.05) is 0 Å². The molecule has 1 rings (SSSR count). The molecule has 0 amide bonds. The number of nitrogens with two attached hydrogens (primary N) is 2. The smallest absolute Gasteiger partial charge is 0.211 e. The highest BCUT2D eigenvalue weighted by Gasteiger charge is 2.06. The van der Waals surface area contributed by atoms with Crippen molar-refractivity contribution in [1.82, 2.24) is 0 Å². The molecule has 0 fully saturated rings. The average Bonchev–Trinajstić information content (AvgIpc) is 2.12. The molecular weight excluding hydrogens is 202 g/mol. The van der Waals surface area contributed by atoms with Gasteiger partial charge in [0.2, 0.25) is 5.96 Å². The minimum absolute atomic E-state index is 0.00231. The minimum atomic E-state index is -0.977. The Hall–Kier alpha value is -1.98. The Balaban J connectivity index is 3.05. The van der Waals surface area contributed by atoms with Crippen molar-refractivity contribution in [1.29, 1.82) is 0 Å². The molecule has 0 aliphatic rings. The zero-order chi connectivity index (χ0) is 11.4. The van der Waals surface area contributed by atoms with Crippen LogP contribution in [0.4, 0.5) is 8.78 Å². The molecule has 0 aromatic heterocycles. The molecule has 1 aromatic carbocycles. The lowest BCUT2D eigenvalue weighted by Gasteiger charge is -1.99. The van der Waals surface area contributed by atoms with E-state index in [9.17, 15) is 8.78 Å². The number of guanidine groups is 1. The summed E-state index contributed by atoms with van der Waals surface area (Å²) in [6.45, 7) is 1.64. The van der Waals surface area contributed by atoms with Crippen molar-refractivity contribution in [3.05, 3.63) is 34.9 Å². The summed E-state index contributed by atoms with van der Waals surface area (Å²) in [6.07, 6.45) is 1.05. The number of nitrogens with zero attached hydrogens (tertiary/aromatic N) is 2. The average molecular weight is 212 g/mol. The molecule has 0 aliphatic carbocycles. The predicted octanol–water partition coefficient (Wildman–Crippen LogP) is 0.881. The van der Waals surface area contributed by atoms with Gasteiger partial charge < -0.3 is 11.5 Å². The van der Waals surface area contributed by atoms with Gasteiger partial charge in [-0.05, 0) is 24.6 Å². The molecule has 0 aliphatic heterocycles. The van der Waals surface area contributed by atoms with Crippen LogP contribution >= 0.6 is 0 Å². The Labute approximate surface area is 85.3 Å². The van der Waals surface area contributed by atoms with Gasteiger partial charge in [-0.25, -0.2) is 8.78 Å². The van der Waals surface area contributed by atoms with Crippen LogP contribution in [0.15, 0.2) is 22.3 Å². The van der Waals surface area contributed by atoms with Crippen LogP contribution in [-0.4, -0.2) is 12.2 Å². The molecule has 0 atom stereocenters. The summed E-state index contributed by atoms with van der Waals surface area (Å²) in [4.78, 5) is 0. The molecule has 15 heavy (non-hydrogen) atoms. The third-order valence-corrected chi connectivity index (χ3v) is 1.57. The molecule has 4 N–H and O–H groups in total. The van der Waals surface area contributed by atoms with Gasteiger partial charge in [-0.3, -0.25) is 0 Å². The van der Waals surface area contributed by atoms with Crippen molar-refractivity contribution >= 4 is 12.2 Å². The van der Waals surface area contributed by atoms with Gasteiger partial charge in [-0.2, -0.15) is 5.10 Å². The van der Waals surface area contributed by atoms with E-state index >= 15 is 0 Å². The summed E-state index contributed by atoms with van der Waals surface area (Å²) in [5, 5.41) is 6.66.